The largest absolute Gasteiger partial charge is 0.470 e. The fourth-order valence-corrected chi connectivity index (χ4v) is 4.68. The zero-order chi connectivity index (χ0) is 25.3. The zero-order valence-electron chi connectivity index (χ0n) is 20.3. The van der Waals surface area contributed by atoms with Gasteiger partial charge >= 0.3 is 6.09 Å². The molecule has 1 aromatic carbocycles. The molecular weight excluding hydrogens is 453 g/mol. The molecule has 3 heterocycles. The monoisotopic (exact) mass is 483 g/mol. The minimum Gasteiger partial charge on any atom is -0.470 e. The van der Waals surface area contributed by atoms with Gasteiger partial charge in [0.1, 0.15) is 17.4 Å². The molecule has 0 bridgehead atoms. The highest BCUT2D eigenvalue weighted by Gasteiger charge is 2.36. The molecule has 0 spiro atoms. The molecule has 1 amide bonds. The maximum absolute atomic E-state index is 14.4. The summed E-state index contributed by atoms with van der Waals surface area (Å²) in [5.74, 6) is 0.679. The lowest BCUT2D eigenvalue weighted by Gasteiger charge is -2.39. The third-order valence-electron chi connectivity index (χ3n) is 6.22. The molecule has 1 aliphatic rings. The van der Waals surface area contributed by atoms with Gasteiger partial charge in [-0.25, -0.2) is 18.7 Å². The number of nitrogens with zero attached hydrogens (tertiary/aromatic N) is 5. The number of rotatable bonds is 7. The van der Waals surface area contributed by atoms with E-state index in [0.29, 0.717) is 47.6 Å². The van der Waals surface area contributed by atoms with Crippen LogP contribution in [0.2, 0.25) is 0 Å². The molecule has 2 atom stereocenters. The van der Waals surface area contributed by atoms with Gasteiger partial charge in [-0.1, -0.05) is 6.92 Å². The Labute approximate surface area is 203 Å². The Hall–Kier alpha value is -3.69. The molecule has 35 heavy (non-hydrogen) atoms. The predicted molar refractivity (Wildman–Crippen MR) is 128 cm³/mol. The highest BCUT2D eigenvalue weighted by Crippen LogP contribution is 2.40. The molecule has 10 heteroatoms. The van der Waals surface area contributed by atoms with Gasteiger partial charge in [0.05, 0.1) is 17.8 Å². The molecule has 1 N–H and O–H groups in total. The summed E-state index contributed by atoms with van der Waals surface area (Å²) >= 11 is 0. The van der Waals surface area contributed by atoms with E-state index >= 15 is 0 Å². The Morgan fingerprint density at radius 1 is 1.37 bits per heavy atom. The highest BCUT2D eigenvalue weighted by atomic mass is 19.1. The summed E-state index contributed by atoms with van der Waals surface area (Å²) in [6.07, 6.45) is 4.11. The number of aromatic nitrogens is 3. The van der Waals surface area contributed by atoms with Crippen LogP contribution in [-0.4, -0.2) is 55.3 Å². The lowest BCUT2D eigenvalue weighted by Crippen LogP contribution is -2.53. The summed E-state index contributed by atoms with van der Waals surface area (Å²) in [6.45, 7) is 7.97. The van der Waals surface area contributed by atoms with Gasteiger partial charge in [-0.2, -0.15) is 5.10 Å². The van der Waals surface area contributed by atoms with Crippen molar-refractivity contribution in [3.8, 4) is 5.75 Å². The van der Waals surface area contributed by atoms with E-state index in [1.165, 1.54) is 27.7 Å². The van der Waals surface area contributed by atoms with Gasteiger partial charge in [0, 0.05) is 30.3 Å². The van der Waals surface area contributed by atoms with Crippen molar-refractivity contribution in [3.63, 3.8) is 0 Å². The summed E-state index contributed by atoms with van der Waals surface area (Å²) in [4.78, 5) is 31.4. The first-order valence-electron chi connectivity index (χ1n) is 11.7. The summed E-state index contributed by atoms with van der Waals surface area (Å²) < 4.78 is 22.2. The van der Waals surface area contributed by atoms with Crippen LogP contribution in [0.15, 0.2) is 36.7 Å². The van der Waals surface area contributed by atoms with E-state index in [1.54, 1.807) is 12.3 Å². The lowest BCUT2D eigenvalue weighted by molar-refractivity contribution is -0.0204. The molecule has 1 fully saturated rings. The Bertz CT molecular complexity index is 1240. The number of hydrogen-bond donors (Lipinski definition) is 1. The van der Waals surface area contributed by atoms with E-state index in [2.05, 4.69) is 15.0 Å². The maximum atomic E-state index is 14.4. The third kappa shape index (κ3) is 4.78. The van der Waals surface area contributed by atoms with Gasteiger partial charge in [0.2, 0.25) is 0 Å². The topological polar surface area (TPSA) is 100 Å². The van der Waals surface area contributed by atoms with Gasteiger partial charge in [-0.05, 0) is 57.9 Å². The molecule has 1 aliphatic heterocycles. The van der Waals surface area contributed by atoms with Crippen LogP contribution in [0.3, 0.4) is 0 Å². The van der Waals surface area contributed by atoms with Crippen molar-refractivity contribution in [2.24, 2.45) is 0 Å². The second kappa shape index (κ2) is 9.52. The van der Waals surface area contributed by atoms with E-state index in [0.717, 1.165) is 12.8 Å². The molecule has 2 unspecified atom stereocenters. The van der Waals surface area contributed by atoms with Crippen LogP contribution in [0, 0.1) is 5.82 Å². The van der Waals surface area contributed by atoms with Crippen LogP contribution >= 0.6 is 0 Å². The number of carboxylic acid groups (broad SMARTS) is 1. The van der Waals surface area contributed by atoms with Gasteiger partial charge in [0.15, 0.2) is 18.2 Å². The van der Waals surface area contributed by atoms with Crippen LogP contribution < -0.4 is 9.64 Å². The summed E-state index contributed by atoms with van der Waals surface area (Å²) in [7, 11) is 0. The van der Waals surface area contributed by atoms with Gasteiger partial charge < -0.3 is 14.7 Å². The number of ether oxygens (including phenoxy) is 1. The Balaban J connectivity index is 1.71. The average Bonchev–Trinajstić information content (AvgIpc) is 3.44. The number of hydrogen-bond acceptors (Lipinski definition) is 6. The Morgan fingerprint density at radius 2 is 2.14 bits per heavy atom. The van der Waals surface area contributed by atoms with Crippen molar-refractivity contribution in [3.05, 3.63) is 53.6 Å². The van der Waals surface area contributed by atoms with Gasteiger partial charge in [-0.3, -0.25) is 9.69 Å². The number of halogens is 1. The number of amides is 1. The van der Waals surface area contributed by atoms with Crippen LogP contribution in [-0.2, 0) is 0 Å². The quantitative estimate of drug-likeness (QED) is 0.376. The van der Waals surface area contributed by atoms with Crippen LogP contribution in [0.5, 0.6) is 5.75 Å². The van der Waals surface area contributed by atoms with Crippen molar-refractivity contribution in [2.45, 2.75) is 64.8 Å². The first-order chi connectivity index (χ1) is 16.6. The maximum Gasteiger partial charge on any atom is 0.410 e. The number of fused-ring (bicyclic) bond motifs is 1. The summed E-state index contributed by atoms with van der Waals surface area (Å²) in [5, 5.41) is 14.0. The Kier molecular flexibility index (Phi) is 6.64. The van der Waals surface area contributed by atoms with Crippen molar-refractivity contribution in [1.82, 2.24) is 19.5 Å². The predicted octanol–water partition coefficient (Wildman–Crippen LogP) is 4.92. The molecule has 3 aromatic rings. The fraction of sp³-hybridized carbons (Fsp3) is 0.440. The van der Waals surface area contributed by atoms with Crippen LogP contribution in [0.1, 0.15) is 68.9 Å². The first kappa shape index (κ1) is 24.4. The molecule has 0 radical (unpaired) electrons. The molecular formula is C25H30FN5O4. The van der Waals surface area contributed by atoms with E-state index in [-0.39, 0.29) is 6.04 Å². The number of benzene rings is 1. The third-order valence-corrected chi connectivity index (χ3v) is 6.22. The standard InChI is InChI=1S/C25H30FN5O4/c1-5-22(31(24(33)34)25(2,3)4)35-20-9-8-17(26)13-18(20)19-7-6-11-29(19)21-10-12-30-23(28-21)16(15-32)14-27-30/h8-10,12-15,19,22H,5-7,11H2,1-4H3,(H,33,34). The van der Waals surface area contributed by atoms with Crippen molar-refractivity contribution >= 4 is 23.8 Å². The lowest BCUT2D eigenvalue weighted by atomic mass is 10.0. The summed E-state index contributed by atoms with van der Waals surface area (Å²) in [6, 6.07) is 5.91. The number of carbonyl (C=O) groups excluding carboxylic acids is 1. The highest BCUT2D eigenvalue weighted by molar-refractivity contribution is 5.84. The molecule has 1 saturated heterocycles. The van der Waals surface area contributed by atoms with Crippen LogP contribution in [0.25, 0.3) is 5.65 Å². The second-order valence-corrected chi connectivity index (χ2v) is 9.61. The van der Waals surface area contributed by atoms with Crippen LogP contribution in [0.4, 0.5) is 15.0 Å². The SMILES string of the molecule is CCC(Oc1ccc(F)cc1C1CCCN1c1ccn2ncc(C=O)c2n1)N(C(=O)O)C(C)(C)C. The van der Waals surface area contributed by atoms with Crippen molar-refractivity contribution in [1.29, 1.82) is 0 Å². The summed E-state index contributed by atoms with van der Waals surface area (Å²) in [5.41, 5.74) is 0.782. The normalized spacial score (nSPS) is 16.9. The first-order valence-corrected chi connectivity index (χ1v) is 11.7. The van der Waals surface area contributed by atoms with Gasteiger partial charge in [-0.15, -0.1) is 0 Å². The zero-order valence-corrected chi connectivity index (χ0v) is 20.3. The molecule has 186 valence electrons. The van der Waals surface area contributed by atoms with E-state index in [1.807, 2.05) is 33.8 Å². The number of anilines is 1. The smallest absolute Gasteiger partial charge is 0.410 e. The minimum absolute atomic E-state index is 0.233. The van der Waals surface area contributed by atoms with E-state index in [4.69, 9.17) is 4.74 Å². The van der Waals surface area contributed by atoms with Crippen molar-refractivity contribution in [2.75, 3.05) is 11.4 Å². The van der Waals surface area contributed by atoms with Crippen molar-refractivity contribution < 1.29 is 23.8 Å². The van der Waals surface area contributed by atoms with Gasteiger partial charge in [0.25, 0.3) is 0 Å². The van der Waals surface area contributed by atoms with E-state index < -0.39 is 23.7 Å². The second-order valence-electron chi connectivity index (χ2n) is 9.61. The minimum atomic E-state index is -1.08. The molecule has 2 aromatic heterocycles. The average molecular weight is 484 g/mol. The number of aldehydes is 1. The molecule has 9 nitrogen and oxygen atoms in total. The molecule has 0 saturated carbocycles. The fourth-order valence-electron chi connectivity index (χ4n) is 4.68. The number of carbonyl (C=O) groups is 2. The molecule has 4 rings (SSSR count). The van der Waals surface area contributed by atoms with E-state index in [9.17, 15) is 19.1 Å². The Morgan fingerprint density at radius 3 is 2.80 bits per heavy atom. The molecule has 0 aliphatic carbocycles.